The lowest BCUT2D eigenvalue weighted by Gasteiger charge is -2.03. The summed E-state index contributed by atoms with van der Waals surface area (Å²) in [6.45, 7) is 1.22. The number of hydrogen-bond acceptors (Lipinski definition) is 2. The number of nitrogens with one attached hydrogen (secondary N) is 1. The smallest absolute Gasteiger partial charge is 0.251 e. The second-order valence-corrected chi connectivity index (χ2v) is 3.82. The monoisotopic (exact) mass is 256 g/mol. The quantitative estimate of drug-likeness (QED) is 0.803. The highest BCUT2D eigenvalue weighted by Crippen LogP contribution is 2.11. The van der Waals surface area contributed by atoms with E-state index < -0.39 is 0 Å². The average Bonchev–Trinajstić information content (AvgIpc) is 2.18. The van der Waals surface area contributed by atoms with Crippen molar-refractivity contribution in [3.63, 3.8) is 0 Å². The Morgan fingerprint density at radius 3 is 2.93 bits per heavy atom. The molecule has 3 nitrogen and oxygen atoms in total. The summed E-state index contributed by atoms with van der Waals surface area (Å²) < 4.78 is 0.906. The molecular weight excluding hydrogens is 244 g/mol. The lowest BCUT2D eigenvalue weighted by atomic mass is 10.2. The van der Waals surface area contributed by atoms with Gasteiger partial charge in [0.05, 0.1) is 0 Å². The number of carbonyl (C=O) groups excluding carboxylic acids is 1. The fourth-order valence-electron chi connectivity index (χ4n) is 1.04. The van der Waals surface area contributed by atoms with E-state index in [-0.39, 0.29) is 5.91 Å². The highest BCUT2D eigenvalue weighted by atomic mass is 79.9. The molecule has 0 spiro atoms. The first-order valence-corrected chi connectivity index (χ1v) is 5.27. The van der Waals surface area contributed by atoms with Crippen LogP contribution in [0, 0.1) is 0 Å². The second kappa shape index (κ2) is 5.78. The van der Waals surface area contributed by atoms with Gasteiger partial charge >= 0.3 is 0 Å². The summed E-state index contributed by atoms with van der Waals surface area (Å²) in [7, 11) is 0. The molecule has 0 unspecified atom stereocenters. The summed E-state index contributed by atoms with van der Waals surface area (Å²) in [5.41, 5.74) is 5.98. The van der Waals surface area contributed by atoms with Gasteiger partial charge in [-0.05, 0) is 31.2 Å². The standard InChI is InChI=1S/C10H13BrN2O/c11-9-4-1-3-8(7-9)10(14)13-6-2-5-12/h1,3-4,7H,2,5-6,12H2,(H,13,14). The van der Waals surface area contributed by atoms with Gasteiger partial charge in [0.2, 0.25) is 0 Å². The average molecular weight is 257 g/mol. The lowest BCUT2D eigenvalue weighted by molar-refractivity contribution is 0.0953. The van der Waals surface area contributed by atoms with Crippen LogP contribution in [0.3, 0.4) is 0 Å². The molecule has 0 saturated carbocycles. The molecule has 0 heterocycles. The Morgan fingerprint density at radius 1 is 1.50 bits per heavy atom. The number of nitrogens with two attached hydrogens (primary N) is 1. The molecule has 0 bridgehead atoms. The molecule has 0 radical (unpaired) electrons. The fourth-order valence-corrected chi connectivity index (χ4v) is 1.44. The zero-order chi connectivity index (χ0) is 10.4. The highest BCUT2D eigenvalue weighted by molar-refractivity contribution is 9.10. The van der Waals surface area contributed by atoms with Crippen LogP contribution >= 0.6 is 15.9 Å². The largest absolute Gasteiger partial charge is 0.352 e. The predicted molar refractivity (Wildman–Crippen MR) is 60.1 cm³/mol. The van der Waals surface area contributed by atoms with E-state index in [1.165, 1.54) is 0 Å². The van der Waals surface area contributed by atoms with Gasteiger partial charge in [-0.15, -0.1) is 0 Å². The zero-order valence-corrected chi connectivity index (χ0v) is 9.38. The molecule has 0 saturated heterocycles. The van der Waals surface area contributed by atoms with Gasteiger partial charge in [0.15, 0.2) is 0 Å². The van der Waals surface area contributed by atoms with Crippen LogP contribution in [-0.4, -0.2) is 19.0 Å². The Hall–Kier alpha value is -0.870. The van der Waals surface area contributed by atoms with Crippen molar-refractivity contribution in [3.8, 4) is 0 Å². The fraction of sp³-hybridized carbons (Fsp3) is 0.300. The Kier molecular flexibility index (Phi) is 4.62. The minimum atomic E-state index is -0.0558. The summed E-state index contributed by atoms with van der Waals surface area (Å²) in [6, 6.07) is 7.29. The van der Waals surface area contributed by atoms with E-state index in [4.69, 9.17) is 5.73 Å². The summed E-state index contributed by atoms with van der Waals surface area (Å²) in [4.78, 5) is 11.5. The molecule has 3 N–H and O–H groups in total. The number of amides is 1. The van der Waals surface area contributed by atoms with Crippen LogP contribution in [0.1, 0.15) is 16.8 Å². The van der Waals surface area contributed by atoms with E-state index in [1.807, 2.05) is 12.1 Å². The SMILES string of the molecule is NCCCNC(=O)c1cccc(Br)c1. The number of carbonyl (C=O) groups is 1. The van der Waals surface area contributed by atoms with Crippen molar-refractivity contribution in [2.45, 2.75) is 6.42 Å². The van der Waals surface area contributed by atoms with Crippen LogP contribution in [0.25, 0.3) is 0 Å². The third kappa shape index (κ3) is 3.47. The van der Waals surface area contributed by atoms with E-state index in [9.17, 15) is 4.79 Å². The number of halogens is 1. The van der Waals surface area contributed by atoms with Crippen molar-refractivity contribution >= 4 is 21.8 Å². The van der Waals surface area contributed by atoms with Gasteiger partial charge in [-0.1, -0.05) is 22.0 Å². The van der Waals surface area contributed by atoms with Gasteiger partial charge in [-0.25, -0.2) is 0 Å². The van der Waals surface area contributed by atoms with Gasteiger partial charge in [0.25, 0.3) is 5.91 Å². The van der Waals surface area contributed by atoms with Gasteiger partial charge in [-0.2, -0.15) is 0 Å². The van der Waals surface area contributed by atoms with Crippen LogP contribution in [0.4, 0.5) is 0 Å². The number of rotatable bonds is 4. The van der Waals surface area contributed by atoms with Crippen molar-refractivity contribution < 1.29 is 4.79 Å². The van der Waals surface area contributed by atoms with Crippen LogP contribution in [0.5, 0.6) is 0 Å². The molecule has 0 aliphatic rings. The van der Waals surface area contributed by atoms with Gasteiger partial charge in [0.1, 0.15) is 0 Å². The summed E-state index contributed by atoms with van der Waals surface area (Å²) >= 11 is 3.31. The molecule has 1 amide bonds. The second-order valence-electron chi connectivity index (χ2n) is 2.91. The summed E-state index contributed by atoms with van der Waals surface area (Å²) in [5, 5.41) is 2.79. The van der Waals surface area contributed by atoms with Gasteiger partial charge in [0, 0.05) is 16.6 Å². The van der Waals surface area contributed by atoms with Crippen LogP contribution in [0.2, 0.25) is 0 Å². The third-order valence-corrected chi connectivity index (χ3v) is 2.25. The van der Waals surface area contributed by atoms with E-state index >= 15 is 0 Å². The Balaban J connectivity index is 2.52. The van der Waals surface area contributed by atoms with Crippen LogP contribution in [0.15, 0.2) is 28.7 Å². The van der Waals surface area contributed by atoms with Gasteiger partial charge < -0.3 is 11.1 Å². The van der Waals surface area contributed by atoms with Crippen molar-refractivity contribution in [2.75, 3.05) is 13.1 Å². The molecule has 76 valence electrons. The topological polar surface area (TPSA) is 55.1 Å². The number of hydrogen-bond donors (Lipinski definition) is 2. The normalized spacial score (nSPS) is 9.86. The maximum atomic E-state index is 11.5. The molecule has 1 rings (SSSR count). The molecule has 0 aliphatic heterocycles. The van der Waals surface area contributed by atoms with Crippen molar-refractivity contribution in [1.29, 1.82) is 0 Å². The first-order chi connectivity index (χ1) is 6.74. The molecule has 1 aromatic rings. The molecule has 1 aromatic carbocycles. The Morgan fingerprint density at radius 2 is 2.29 bits per heavy atom. The predicted octanol–water partition coefficient (Wildman–Crippen LogP) is 1.53. The van der Waals surface area contributed by atoms with Crippen LogP contribution < -0.4 is 11.1 Å². The first-order valence-electron chi connectivity index (χ1n) is 4.48. The molecule has 4 heteroatoms. The molecule has 0 aromatic heterocycles. The maximum Gasteiger partial charge on any atom is 0.251 e. The third-order valence-electron chi connectivity index (χ3n) is 1.75. The van der Waals surface area contributed by atoms with Crippen molar-refractivity contribution in [2.24, 2.45) is 5.73 Å². The molecule has 14 heavy (non-hydrogen) atoms. The van der Waals surface area contributed by atoms with Crippen molar-refractivity contribution in [1.82, 2.24) is 5.32 Å². The molecule has 0 aliphatic carbocycles. The Bertz CT molecular complexity index is 315. The minimum Gasteiger partial charge on any atom is -0.352 e. The number of benzene rings is 1. The zero-order valence-electron chi connectivity index (χ0n) is 7.79. The van der Waals surface area contributed by atoms with E-state index in [1.54, 1.807) is 12.1 Å². The molecule has 0 fully saturated rings. The van der Waals surface area contributed by atoms with Crippen molar-refractivity contribution in [3.05, 3.63) is 34.3 Å². The maximum absolute atomic E-state index is 11.5. The minimum absolute atomic E-state index is 0.0558. The summed E-state index contributed by atoms with van der Waals surface area (Å²) in [5.74, 6) is -0.0558. The Labute approximate surface area is 91.8 Å². The molecular formula is C10H13BrN2O. The van der Waals surface area contributed by atoms with E-state index in [0.717, 1.165) is 10.9 Å². The molecule has 0 atom stereocenters. The lowest BCUT2D eigenvalue weighted by Crippen LogP contribution is -2.25. The highest BCUT2D eigenvalue weighted by Gasteiger charge is 2.03. The first kappa shape index (κ1) is 11.2. The van der Waals surface area contributed by atoms with Crippen LogP contribution in [-0.2, 0) is 0 Å². The van der Waals surface area contributed by atoms with E-state index in [0.29, 0.717) is 18.7 Å². The van der Waals surface area contributed by atoms with Gasteiger partial charge in [-0.3, -0.25) is 4.79 Å². The van der Waals surface area contributed by atoms with E-state index in [2.05, 4.69) is 21.2 Å². The summed E-state index contributed by atoms with van der Waals surface area (Å²) in [6.07, 6.45) is 0.805.